The molecule has 5 heteroatoms. The SMILES string of the molecule is Cc1ccc(C#CCO)c(C(=O)NCc2cn[nH]c2)c1. The number of aromatic amines is 1. The maximum Gasteiger partial charge on any atom is 0.252 e. The van der Waals surface area contributed by atoms with E-state index in [1.165, 1.54) is 0 Å². The third-order valence-corrected chi connectivity index (χ3v) is 2.73. The second-order valence-electron chi connectivity index (χ2n) is 4.30. The largest absolute Gasteiger partial charge is 0.384 e. The number of nitrogens with one attached hydrogen (secondary N) is 2. The van der Waals surface area contributed by atoms with Gasteiger partial charge in [0, 0.05) is 23.9 Å². The predicted molar refractivity (Wildman–Crippen MR) is 74.9 cm³/mol. The van der Waals surface area contributed by atoms with E-state index < -0.39 is 0 Å². The Morgan fingerprint density at radius 2 is 2.35 bits per heavy atom. The van der Waals surface area contributed by atoms with Crippen molar-refractivity contribution in [2.75, 3.05) is 6.61 Å². The van der Waals surface area contributed by atoms with Crippen LogP contribution in [0, 0.1) is 18.8 Å². The summed E-state index contributed by atoms with van der Waals surface area (Å²) in [5.41, 5.74) is 2.99. The molecule has 0 aliphatic carbocycles. The van der Waals surface area contributed by atoms with Gasteiger partial charge in [-0.2, -0.15) is 5.10 Å². The minimum Gasteiger partial charge on any atom is -0.384 e. The molecule has 1 aromatic carbocycles. The smallest absolute Gasteiger partial charge is 0.252 e. The molecule has 0 spiro atoms. The van der Waals surface area contributed by atoms with Gasteiger partial charge in [-0.05, 0) is 19.1 Å². The van der Waals surface area contributed by atoms with E-state index in [9.17, 15) is 4.79 Å². The molecule has 0 aliphatic heterocycles. The summed E-state index contributed by atoms with van der Waals surface area (Å²) < 4.78 is 0. The first-order chi connectivity index (χ1) is 9.70. The number of nitrogens with zero attached hydrogens (tertiary/aromatic N) is 1. The summed E-state index contributed by atoms with van der Waals surface area (Å²) in [6.45, 7) is 2.08. The molecule has 5 nitrogen and oxygen atoms in total. The van der Waals surface area contributed by atoms with Crippen LogP contribution < -0.4 is 5.32 Å². The monoisotopic (exact) mass is 269 g/mol. The first kappa shape index (κ1) is 13.8. The number of H-pyrrole nitrogens is 1. The van der Waals surface area contributed by atoms with Gasteiger partial charge in [0.1, 0.15) is 6.61 Å². The molecule has 102 valence electrons. The van der Waals surface area contributed by atoms with Gasteiger partial charge in [-0.25, -0.2) is 0 Å². The number of hydrogen-bond donors (Lipinski definition) is 3. The van der Waals surface area contributed by atoms with E-state index in [4.69, 9.17) is 5.11 Å². The molecule has 0 unspecified atom stereocenters. The molecule has 3 N–H and O–H groups in total. The topological polar surface area (TPSA) is 78.0 Å². The van der Waals surface area contributed by atoms with Crippen LogP contribution >= 0.6 is 0 Å². The lowest BCUT2D eigenvalue weighted by Crippen LogP contribution is -2.23. The van der Waals surface area contributed by atoms with E-state index in [1.807, 2.05) is 13.0 Å². The zero-order chi connectivity index (χ0) is 14.4. The molecule has 2 aromatic rings. The number of amides is 1. The number of benzene rings is 1. The molecular weight excluding hydrogens is 254 g/mol. The number of aliphatic hydroxyl groups is 1. The number of aryl methyl sites for hydroxylation is 1. The standard InChI is InChI=1S/C15H15N3O2/c1-11-4-5-13(3-2-6-19)14(7-11)15(20)16-8-12-9-17-18-10-12/h4-5,7,9-10,19H,6,8H2,1H3,(H,16,20)(H,17,18). The number of hydrogen-bond acceptors (Lipinski definition) is 3. The summed E-state index contributed by atoms with van der Waals surface area (Å²) >= 11 is 0. The summed E-state index contributed by atoms with van der Waals surface area (Å²) in [5.74, 6) is 5.15. The number of carbonyl (C=O) groups is 1. The van der Waals surface area contributed by atoms with Crippen molar-refractivity contribution in [3.05, 3.63) is 52.8 Å². The quantitative estimate of drug-likeness (QED) is 0.727. The van der Waals surface area contributed by atoms with Crippen LogP contribution in [0.25, 0.3) is 0 Å². The summed E-state index contributed by atoms with van der Waals surface area (Å²) in [7, 11) is 0. The molecule has 1 aromatic heterocycles. The number of aliphatic hydroxyl groups excluding tert-OH is 1. The third kappa shape index (κ3) is 3.46. The van der Waals surface area contributed by atoms with Gasteiger partial charge in [-0.1, -0.05) is 23.5 Å². The fourth-order valence-corrected chi connectivity index (χ4v) is 1.74. The highest BCUT2D eigenvalue weighted by Gasteiger charge is 2.10. The molecule has 0 bridgehead atoms. The van der Waals surface area contributed by atoms with Gasteiger partial charge in [0.15, 0.2) is 0 Å². The summed E-state index contributed by atoms with van der Waals surface area (Å²) in [5, 5.41) is 18.1. The second kappa shape index (κ2) is 6.55. The predicted octanol–water partition coefficient (Wildman–Crippen LogP) is 0.992. The Morgan fingerprint density at radius 1 is 1.50 bits per heavy atom. The van der Waals surface area contributed by atoms with Gasteiger partial charge in [0.2, 0.25) is 0 Å². The highest BCUT2D eigenvalue weighted by Crippen LogP contribution is 2.11. The van der Waals surface area contributed by atoms with Crippen LogP contribution in [0.1, 0.15) is 27.0 Å². The fourth-order valence-electron chi connectivity index (χ4n) is 1.74. The van der Waals surface area contributed by atoms with E-state index in [0.29, 0.717) is 17.7 Å². The van der Waals surface area contributed by atoms with Crippen LogP contribution in [-0.2, 0) is 6.54 Å². The highest BCUT2D eigenvalue weighted by molar-refractivity contribution is 5.96. The highest BCUT2D eigenvalue weighted by atomic mass is 16.2. The molecule has 1 heterocycles. The van der Waals surface area contributed by atoms with E-state index in [1.54, 1.807) is 24.5 Å². The fraction of sp³-hybridized carbons (Fsp3) is 0.200. The number of aromatic nitrogens is 2. The Balaban J connectivity index is 2.17. The van der Waals surface area contributed by atoms with Gasteiger partial charge in [-0.3, -0.25) is 9.89 Å². The van der Waals surface area contributed by atoms with Crippen molar-refractivity contribution < 1.29 is 9.90 Å². The molecule has 2 rings (SSSR count). The minimum absolute atomic E-state index is 0.197. The van der Waals surface area contributed by atoms with Crippen molar-refractivity contribution in [1.82, 2.24) is 15.5 Å². The zero-order valence-corrected chi connectivity index (χ0v) is 11.1. The molecule has 1 amide bonds. The summed E-state index contributed by atoms with van der Waals surface area (Å²) in [6, 6.07) is 5.45. The van der Waals surface area contributed by atoms with Crippen LogP contribution in [0.2, 0.25) is 0 Å². The van der Waals surface area contributed by atoms with Crippen molar-refractivity contribution in [3.8, 4) is 11.8 Å². The van der Waals surface area contributed by atoms with Crippen LogP contribution in [0.5, 0.6) is 0 Å². The maximum absolute atomic E-state index is 12.2. The van der Waals surface area contributed by atoms with Crippen molar-refractivity contribution in [2.45, 2.75) is 13.5 Å². The molecule has 20 heavy (non-hydrogen) atoms. The van der Waals surface area contributed by atoms with Crippen LogP contribution in [0.3, 0.4) is 0 Å². The lowest BCUT2D eigenvalue weighted by molar-refractivity contribution is 0.0950. The Hall–Kier alpha value is -2.58. The zero-order valence-electron chi connectivity index (χ0n) is 11.1. The van der Waals surface area contributed by atoms with Gasteiger partial charge < -0.3 is 10.4 Å². The van der Waals surface area contributed by atoms with E-state index in [-0.39, 0.29) is 12.5 Å². The summed E-state index contributed by atoms with van der Waals surface area (Å²) in [4.78, 5) is 12.2. The van der Waals surface area contributed by atoms with Crippen molar-refractivity contribution in [3.63, 3.8) is 0 Å². The average Bonchev–Trinajstić information content (AvgIpc) is 2.96. The van der Waals surface area contributed by atoms with Crippen molar-refractivity contribution in [2.24, 2.45) is 0 Å². The molecule has 0 fully saturated rings. The third-order valence-electron chi connectivity index (χ3n) is 2.73. The normalized spacial score (nSPS) is 9.70. The second-order valence-corrected chi connectivity index (χ2v) is 4.30. The molecular formula is C15H15N3O2. The average molecular weight is 269 g/mol. The van der Waals surface area contributed by atoms with Gasteiger partial charge in [-0.15, -0.1) is 0 Å². The van der Waals surface area contributed by atoms with E-state index in [2.05, 4.69) is 27.4 Å². The van der Waals surface area contributed by atoms with Gasteiger partial charge in [0.25, 0.3) is 5.91 Å². The summed E-state index contributed by atoms with van der Waals surface area (Å²) in [6.07, 6.45) is 3.38. The van der Waals surface area contributed by atoms with Crippen LogP contribution in [-0.4, -0.2) is 27.8 Å². The Bertz CT molecular complexity index is 651. The molecule has 0 radical (unpaired) electrons. The lowest BCUT2D eigenvalue weighted by atomic mass is 10.0. The first-order valence-electron chi connectivity index (χ1n) is 6.17. The lowest BCUT2D eigenvalue weighted by Gasteiger charge is -2.07. The number of rotatable bonds is 3. The minimum atomic E-state index is -0.232. The van der Waals surface area contributed by atoms with Crippen molar-refractivity contribution >= 4 is 5.91 Å². The van der Waals surface area contributed by atoms with Crippen molar-refractivity contribution in [1.29, 1.82) is 0 Å². The Morgan fingerprint density at radius 3 is 3.05 bits per heavy atom. The Labute approximate surface area is 117 Å². The molecule has 0 atom stereocenters. The van der Waals surface area contributed by atoms with Gasteiger partial charge in [0.05, 0.1) is 11.8 Å². The van der Waals surface area contributed by atoms with Gasteiger partial charge >= 0.3 is 0 Å². The Kier molecular flexibility index (Phi) is 4.53. The van der Waals surface area contributed by atoms with E-state index in [0.717, 1.165) is 11.1 Å². The maximum atomic E-state index is 12.2. The van der Waals surface area contributed by atoms with E-state index >= 15 is 0 Å². The first-order valence-corrected chi connectivity index (χ1v) is 6.17. The number of carbonyl (C=O) groups excluding carboxylic acids is 1. The molecule has 0 saturated carbocycles. The molecule has 0 aliphatic rings. The van der Waals surface area contributed by atoms with Crippen LogP contribution in [0.15, 0.2) is 30.6 Å². The van der Waals surface area contributed by atoms with Crippen LogP contribution in [0.4, 0.5) is 0 Å². The molecule has 0 saturated heterocycles.